The predicted octanol–water partition coefficient (Wildman–Crippen LogP) is 4.18. The molecule has 3 nitrogen and oxygen atoms in total. The summed E-state index contributed by atoms with van der Waals surface area (Å²) in [5, 5.41) is 0. The number of carbonyl (C=O) groups excluding carboxylic acids is 1. The topological polar surface area (TPSA) is 35.5 Å². The number of hydrogen-bond acceptors (Lipinski definition) is 3. The van der Waals surface area contributed by atoms with Gasteiger partial charge in [-0.3, -0.25) is 4.79 Å². The van der Waals surface area contributed by atoms with Gasteiger partial charge in [0.15, 0.2) is 0 Å². The third-order valence-electron chi connectivity index (χ3n) is 4.28. The number of rotatable bonds is 3. The van der Waals surface area contributed by atoms with Gasteiger partial charge in [0.25, 0.3) is 0 Å². The highest BCUT2D eigenvalue weighted by atomic mass is 19.4. The minimum atomic E-state index is -4.74. The highest BCUT2D eigenvalue weighted by Gasteiger charge is 2.67. The molecule has 24 heavy (non-hydrogen) atoms. The van der Waals surface area contributed by atoms with E-state index in [1.165, 1.54) is 43.5 Å². The van der Waals surface area contributed by atoms with Crippen molar-refractivity contribution in [1.29, 1.82) is 0 Å². The van der Waals surface area contributed by atoms with E-state index in [4.69, 9.17) is 9.47 Å². The Morgan fingerprint density at radius 2 is 1.71 bits per heavy atom. The first-order valence-electron chi connectivity index (χ1n) is 7.36. The number of halogens is 3. The third kappa shape index (κ3) is 2.52. The summed E-state index contributed by atoms with van der Waals surface area (Å²) < 4.78 is 52.1. The Kier molecular flexibility index (Phi) is 3.99. The van der Waals surface area contributed by atoms with E-state index in [9.17, 15) is 18.0 Å². The van der Waals surface area contributed by atoms with E-state index in [0.717, 1.165) is 0 Å². The van der Waals surface area contributed by atoms with Crippen molar-refractivity contribution in [3.63, 3.8) is 0 Å². The van der Waals surface area contributed by atoms with Crippen LogP contribution in [0.3, 0.4) is 0 Å². The lowest BCUT2D eigenvalue weighted by Gasteiger charge is -2.35. The molecule has 0 aromatic heterocycles. The molecule has 0 aliphatic carbocycles. The summed E-state index contributed by atoms with van der Waals surface area (Å²) in [6.45, 7) is 0. The molecule has 6 heteroatoms. The molecule has 1 aliphatic rings. The van der Waals surface area contributed by atoms with Gasteiger partial charge in [-0.2, -0.15) is 13.2 Å². The van der Waals surface area contributed by atoms with E-state index >= 15 is 0 Å². The molecule has 1 fully saturated rings. The Morgan fingerprint density at radius 1 is 1.08 bits per heavy atom. The summed E-state index contributed by atoms with van der Waals surface area (Å²) in [5.41, 5.74) is -2.38. The molecule has 2 aromatic carbocycles. The van der Waals surface area contributed by atoms with Crippen molar-refractivity contribution >= 4 is 5.97 Å². The SMILES string of the molecule is COc1ccc([C@H]2CC(=O)O[C@]2(c2ccccc2)C(F)(F)F)cc1. The highest BCUT2D eigenvalue weighted by Crippen LogP contribution is 2.56. The Morgan fingerprint density at radius 3 is 2.25 bits per heavy atom. The summed E-state index contributed by atoms with van der Waals surface area (Å²) in [4.78, 5) is 11.8. The molecule has 1 saturated heterocycles. The van der Waals surface area contributed by atoms with Gasteiger partial charge in [0.2, 0.25) is 5.60 Å². The second-order valence-electron chi connectivity index (χ2n) is 5.60. The first-order chi connectivity index (χ1) is 11.4. The van der Waals surface area contributed by atoms with Crippen LogP contribution in [0.2, 0.25) is 0 Å². The lowest BCUT2D eigenvalue weighted by molar-refractivity contribution is -0.269. The molecule has 126 valence electrons. The summed E-state index contributed by atoms with van der Waals surface area (Å²) in [6.07, 6.45) is -5.08. The predicted molar refractivity (Wildman–Crippen MR) is 80.6 cm³/mol. The van der Waals surface area contributed by atoms with Crippen LogP contribution in [0.25, 0.3) is 0 Å². The minimum absolute atomic E-state index is 0.0795. The van der Waals surface area contributed by atoms with Gasteiger partial charge in [0, 0.05) is 11.5 Å². The highest BCUT2D eigenvalue weighted by molar-refractivity contribution is 5.75. The Bertz CT molecular complexity index is 725. The molecular weight excluding hydrogens is 321 g/mol. The van der Waals surface area contributed by atoms with Crippen LogP contribution >= 0.6 is 0 Å². The summed E-state index contributed by atoms with van der Waals surface area (Å²) in [6, 6.07) is 13.5. The second-order valence-corrected chi connectivity index (χ2v) is 5.60. The number of alkyl halides is 3. The van der Waals surface area contributed by atoms with Crippen molar-refractivity contribution in [3.05, 3.63) is 65.7 Å². The molecule has 0 N–H and O–H groups in total. The summed E-state index contributed by atoms with van der Waals surface area (Å²) in [7, 11) is 1.47. The van der Waals surface area contributed by atoms with Gasteiger partial charge >= 0.3 is 12.1 Å². The van der Waals surface area contributed by atoms with Crippen molar-refractivity contribution < 1.29 is 27.4 Å². The van der Waals surface area contributed by atoms with Crippen LogP contribution in [-0.2, 0) is 15.1 Å². The lowest BCUT2D eigenvalue weighted by atomic mass is 9.76. The standard InChI is InChI=1S/C18H15F3O3/c1-23-14-9-7-12(8-10-14)15-11-16(22)24-17(15,18(19,20)21)13-5-3-2-4-6-13/h2-10,15H,11H2,1H3/t15-,17+/m1/s1. The molecule has 0 saturated carbocycles. The zero-order valence-corrected chi connectivity index (χ0v) is 12.8. The van der Waals surface area contributed by atoms with Gasteiger partial charge in [-0.05, 0) is 17.7 Å². The van der Waals surface area contributed by atoms with Crippen LogP contribution in [0, 0.1) is 0 Å². The van der Waals surface area contributed by atoms with Gasteiger partial charge in [-0.25, -0.2) is 0 Å². The molecule has 0 bridgehead atoms. The molecule has 1 heterocycles. The molecule has 0 spiro atoms. The molecule has 2 atom stereocenters. The maximum atomic E-state index is 14.1. The maximum Gasteiger partial charge on any atom is 0.433 e. The Labute approximate surface area is 137 Å². The third-order valence-corrected chi connectivity index (χ3v) is 4.28. The van der Waals surface area contributed by atoms with E-state index in [1.54, 1.807) is 18.2 Å². The first-order valence-corrected chi connectivity index (χ1v) is 7.36. The fourth-order valence-corrected chi connectivity index (χ4v) is 3.16. The van der Waals surface area contributed by atoms with Crippen molar-refractivity contribution in [2.45, 2.75) is 24.1 Å². The van der Waals surface area contributed by atoms with Crippen molar-refractivity contribution in [2.75, 3.05) is 7.11 Å². The molecule has 1 aliphatic heterocycles. The van der Waals surface area contributed by atoms with Crippen molar-refractivity contribution in [1.82, 2.24) is 0 Å². The van der Waals surface area contributed by atoms with Gasteiger partial charge < -0.3 is 9.47 Å². The van der Waals surface area contributed by atoms with Gasteiger partial charge in [0.05, 0.1) is 13.5 Å². The van der Waals surface area contributed by atoms with Crippen LogP contribution in [-0.4, -0.2) is 19.3 Å². The molecule has 0 radical (unpaired) electrons. The first kappa shape index (κ1) is 16.4. The zero-order chi connectivity index (χ0) is 17.4. The molecule has 0 amide bonds. The Balaban J connectivity index is 2.16. The normalized spacial score (nSPS) is 23.8. The Hall–Kier alpha value is -2.50. The molecule has 0 unspecified atom stereocenters. The van der Waals surface area contributed by atoms with Crippen LogP contribution in [0.4, 0.5) is 13.2 Å². The van der Waals surface area contributed by atoms with Gasteiger partial charge in [-0.1, -0.05) is 42.5 Å². The van der Waals surface area contributed by atoms with Crippen molar-refractivity contribution in [2.24, 2.45) is 0 Å². The van der Waals surface area contributed by atoms with E-state index in [1.807, 2.05) is 0 Å². The number of cyclic esters (lactones) is 1. The monoisotopic (exact) mass is 336 g/mol. The number of carbonyl (C=O) groups is 1. The number of hydrogen-bond donors (Lipinski definition) is 0. The number of esters is 1. The fraction of sp³-hybridized carbons (Fsp3) is 0.278. The maximum absolute atomic E-state index is 14.1. The van der Waals surface area contributed by atoms with E-state index in [2.05, 4.69) is 0 Å². The van der Waals surface area contributed by atoms with E-state index in [0.29, 0.717) is 11.3 Å². The number of ether oxygens (including phenoxy) is 2. The average Bonchev–Trinajstić information content (AvgIpc) is 2.94. The number of benzene rings is 2. The van der Waals surface area contributed by atoms with Crippen molar-refractivity contribution in [3.8, 4) is 5.75 Å². The van der Waals surface area contributed by atoms with Crippen LogP contribution in [0.1, 0.15) is 23.5 Å². The van der Waals surface area contributed by atoms with Crippen LogP contribution in [0.15, 0.2) is 54.6 Å². The van der Waals surface area contributed by atoms with Gasteiger partial charge in [0.1, 0.15) is 5.75 Å². The minimum Gasteiger partial charge on any atom is -0.497 e. The van der Waals surface area contributed by atoms with Crippen LogP contribution in [0.5, 0.6) is 5.75 Å². The summed E-state index contributed by atoms with van der Waals surface area (Å²) in [5.74, 6) is -1.49. The van der Waals surface area contributed by atoms with E-state index in [-0.39, 0.29) is 12.0 Å². The smallest absolute Gasteiger partial charge is 0.433 e. The molecular formula is C18H15F3O3. The zero-order valence-electron chi connectivity index (χ0n) is 12.8. The van der Waals surface area contributed by atoms with Gasteiger partial charge in [-0.15, -0.1) is 0 Å². The molecule has 3 rings (SSSR count). The molecule has 2 aromatic rings. The lowest BCUT2D eigenvalue weighted by Crippen LogP contribution is -2.46. The van der Waals surface area contributed by atoms with E-state index < -0.39 is 23.7 Å². The largest absolute Gasteiger partial charge is 0.497 e. The number of methoxy groups -OCH3 is 1. The quantitative estimate of drug-likeness (QED) is 0.789. The average molecular weight is 336 g/mol. The summed E-state index contributed by atoms with van der Waals surface area (Å²) >= 11 is 0. The fourth-order valence-electron chi connectivity index (χ4n) is 3.16. The second kappa shape index (κ2) is 5.85. The van der Waals surface area contributed by atoms with Crippen LogP contribution < -0.4 is 4.74 Å².